The average Bonchev–Trinajstić information content (AvgIpc) is 2.90. The first-order valence-corrected chi connectivity index (χ1v) is 12.0. The molecule has 1 heterocycles. The van der Waals surface area contributed by atoms with Gasteiger partial charge in [-0.15, -0.1) is 0 Å². The van der Waals surface area contributed by atoms with Crippen LogP contribution in [0.25, 0.3) is 0 Å². The van der Waals surface area contributed by atoms with E-state index < -0.39 is 19.7 Å². The largest absolute Gasteiger partial charge is 0.481 e. The Balaban J connectivity index is 2.20. The van der Waals surface area contributed by atoms with Crippen LogP contribution < -0.4 is 0 Å². The van der Waals surface area contributed by atoms with Crippen LogP contribution in [-0.2, 0) is 14.0 Å². The van der Waals surface area contributed by atoms with Crippen molar-refractivity contribution in [2.45, 2.75) is 58.3 Å². The molecule has 1 fully saturated rings. The molecule has 1 aromatic carbocycles. The lowest BCUT2D eigenvalue weighted by Gasteiger charge is -2.38. The molecule has 144 valence electrons. The van der Waals surface area contributed by atoms with Gasteiger partial charge in [0.2, 0.25) is 5.91 Å². The number of benzene rings is 1. The second kappa shape index (κ2) is 7.16. The summed E-state index contributed by atoms with van der Waals surface area (Å²) in [7, 11) is -2.09. The molecule has 1 aliphatic rings. The van der Waals surface area contributed by atoms with Crippen molar-refractivity contribution in [1.29, 1.82) is 0 Å². The number of hydrogen-bond donors (Lipinski definition) is 1. The number of aliphatic carboxylic acids is 1. The van der Waals surface area contributed by atoms with E-state index in [1.165, 1.54) is 0 Å². The fourth-order valence-corrected chi connectivity index (χ4v) is 4.03. The van der Waals surface area contributed by atoms with Crippen LogP contribution in [0.3, 0.4) is 0 Å². The number of carbonyl (C=O) groups is 2. The third kappa shape index (κ3) is 4.01. The maximum Gasteiger partial charge on any atom is 0.314 e. The molecule has 1 saturated heterocycles. The van der Waals surface area contributed by atoms with Crippen LogP contribution in [-0.4, -0.2) is 43.4 Å². The molecule has 6 heteroatoms. The normalized spacial score (nSPS) is 22.5. The summed E-state index contributed by atoms with van der Waals surface area (Å²) in [6, 6.07) is 9.55. The van der Waals surface area contributed by atoms with E-state index in [-0.39, 0.29) is 36.6 Å². The summed E-state index contributed by atoms with van der Waals surface area (Å²) in [5.41, 5.74) is -0.164. The van der Waals surface area contributed by atoms with Crippen LogP contribution in [0.4, 0.5) is 0 Å². The van der Waals surface area contributed by atoms with Crippen LogP contribution in [0.15, 0.2) is 30.3 Å². The highest BCUT2D eigenvalue weighted by atomic mass is 28.4. The summed E-state index contributed by atoms with van der Waals surface area (Å²) < 4.78 is 6.20. The van der Waals surface area contributed by atoms with Crippen molar-refractivity contribution in [3.05, 3.63) is 35.9 Å². The summed E-state index contributed by atoms with van der Waals surface area (Å²) in [6.45, 7) is 12.8. The van der Waals surface area contributed by atoms with E-state index in [9.17, 15) is 14.7 Å². The monoisotopic (exact) mass is 377 g/mol. The van der Waals surface area contributed by atoms with Crippen molar-refractivity contribution >= 4 is 20.2 Å². The minimum atomic E-state index is -2.09. The van der Waals surface area contributed by atoms with Gasteiger partial charge in [0.25, 0.3) is 0 Å². The van der Waals surface area contributed by atoms with Gasteiger partial charge in [0, 0.05) is 13.0 Å². The van der Waals surface area contributed by atoms with Crippen molar-refractivity contribution < 1.29 is 19.1 Å². The number of carbonyl (C=O) groups excluding carboxylic acids is 1. The molecule has 0 aliphatic carbocycles. The van der Waals surface area contributed by atoms with Gasteiger partial charge in [0.05, 0.1) is 12.6 Å². The highest BCUT2D eigenvalue weighted by molar-refractivity contribution is 6.74. The highest BCUT2D eigenvalue weighted by Crippen LogP contribution is 2.41. The number of amides is 1. The first-order valence-electron chi connectivity index (χ1n) is 9.11. The highest BCUT2D eigenvalue weighted by Gasteiger charge is 2.52. The van der Waals surface area contributed by atoms with Crippen molar-refractivity contribution in [1.82, 2.24) is 4.90 Å². The quantitative estimate of drug-likeness (QED) is 0.759. The second-order valence-corrected chi connectivity index (χ2v) is 13.7. The Hall–Kier alpha value is -1.66. The van der Waals surface area contributed by atoms with Gasteiger partial charge in [-0.1, -0.05) is 51.1 Å². The molecule has 1 N–H and O–H groups in total. The molecule has 0 spiro atoms. The molecule has 1 amide bonds. The maximum absolute atomic E-state index is 12.6. The predicted octanol–water partition coefficient (Wildman–Crippen LogP) is 4.07. The summed E-state index contributed by atoms with van der Waals surface area (Å²) in [5.74, 6) is -1.07. The molecule has 0 aromatic heterocycles. The van der Waals surface area contributed by atoms with E-state index in [1.807, 2.05) is 37.3 Å². The summed E-state index contributed by atoms with van der Waals surface area (Å²) >= 11 is 0. The fraction of sp³-hybridized carbons (Fsp3) is 0.600. The van der Waals surface area contributed by atoms with Crippen LogP contribution in [0, 0.1) is 5.41 Å². The third-order valence-corrected chi connectivity index (χ3v) is 10.5. The number of likely N-dealkylation sites (tertiary alicyclic amines) is 1. The van der Waals surface area contributed by atoms with Gasteiger partial charge in [-0.05, 0) is 30.6 Å². The molecular weight excluding hydrogens is 346 g/mol. The van der Waals surface area contributed by atoms with Gasteiger partial charge in [0.15, 0.2) is 8.32 Å². The first kappa shape index (κ1) is 20.6. The molecule has 2 rings (SSSR count). The van der Waals surface area contributed by atoms with E-state index >= 15 is 0 Å². The average molecular weight is 378 g/mol. The molecule has 0 saturated carbocycles. The number of rotatable bonds is 6. The standard InChI is InChI=1S/C20H31NO4Si/c1-15(16-10-8-7-9-11-16)21-13-20(18(23)24,12-17(21)22)14-25-26(5,6)19(2,3)4/h7-11,15H,12-14H2,1-6H3,(H,23,24)/t15-,20+/m1/s1. The van der Waals surface area contributed by atoms with E-state index in [1.54, 1.807) is 4.90 Å². The molecule has 2 atom stereocenters. The van der Waals surface area contributed by atoms with Gasteiger partial charge < -0.3 is 14.4 Å². The van der Waals surface area contributed by atoms with Crippen LogP contribution in [0.1, 0.15) is 45.7 Å². The third-order valence-electron chi connectivity index (χ3n) is 6.00. The smallest absolute Gasteiger partial charge is 0.314 e. The summed E-state index contributed by atoms with van der Waals surface area (Å²) in [4.78, 5) is 26.4. The predicted molar refractivity (Wildman–Crippen MR) is 104 cm³/mol. The summed E-state index contributed by atoms with van der Waals surface area (Å²) in [5, 5.41) is 9.90. The van der Waals surface area contributed by atoms with E-state index in [2.05, 4.69) is 33.9 Å². The maximum atomic E-state index is 12.6. The Morgan fingerprint density at radius 1 is 1.31 bits per heavy atom. The minimum Gasteiger partial charge on any atom is -0.481 e. The Kier molecular flexibility index (Phi) is 5.68. The van der Waals surface area contributed by atoms with Gasteiger partial charge >= 0.3 is 5.97 Å². The molecule has 1 aromatic rings. The molecule has 1 aliphatic heterocycles. The van der Waals surface area contributed by atoms with Gasteiger partial charge in [0.1, 0.15) is 5.41 Å². The first-order chi connectivity index (χ1) is 11.9. The lowest BCUT2D eigenvalue weighted by molar-refractivity contribution is -0.150. The van der Waals surface area contributed by atoms with E-state index in [0.29, 0.717) is 0 Å². The molecule has 26 heavy (non-hydrogen) atoms. The zero-order valence-corrected chi connectivity index (χ0v) is 17.7. The molecule has 0 radical (unpaired) electrons. The van der Waals surface area contributed by atoms with Crippen LogP contribution in [0.2, 0.25) is 18.1 Å². The molecular formula is C20H31NO4Si. The minimum absolute atomic E-state index is 0.00582. The van der Waals surface area contributed by atoms with E-state index in [0.717, 1.165) is 5.56 Å². The SMILES string of the molecule is C[C@H](c1ccccc1)N1C[C@@](CO[Si](C)(C)C(C)(C)C)(C(=O)O)CC1=O. The zero-order chi connectivity index (χ0) is 19.8. The summed E-state index contributed by atoms with van der Waals surface area (Å²) in [6.07, 6.45) is -0.00582. The Labute approximate surface area is 157 Å². The Morgan fingerprint density at radius 3 is 2.38 bits per heavy atom. The molecule has 0 unspecified atom stereocenters. The van der Waals surface area contributed by atoms with Crippen molar-refractivity contribution in [2.24, 2.45) is 5.41 Å². The van der Waals surface area contributed by atoms with Gasteiger partial charge in [-0.2, -0.15) is 0 Å². The number of carboxylic acid groups (broad SMARTS) is 1. The molecule has 5 nitrogen and oxygen atoms in total. The lowest BCUT2D eigenvalue weighted by atomic mass is 9.88. The second-order valence-electron chi connectivity index (χ2n) is 8.92. The Bertz CT molecular complexity index is 668. The number of hydrogen-bond acceptors (Lipinski definition) is 3. The number of carboxylic acids is 1. The lowest BCUT2D eigenvalue weighted by Crippen LogP contribution is -2.47. The van der Waals surface area contributed by atoms with Crippen molar-refractivity contribution in [2.75, 3.05) is 13.2 Å². The van der Waals surface area contributed by atoms with E-state index in [4.69, 9.17) is 4.43 Å². The molecule has 0 bridgehead atoms. The zero-order valence-electron chi connectivity index (χ0n) is 16.7. The van der Waals surface area contributed by atoms with Crippen molar-refractivity contribution in [3.63, 3.8) is 0 Å². The fourth-order valence-electron chi connectivity index (χ4n) is 2.96. The topological polar surface area (TPSA) is 66.8 Å². The number of nitrogens with zero attached hydrogens (tertiary/aromatic N) is 1. The van der Waals surface area contributed by atoms with Gasteiger partial charge in [-0.25, -0.2) is 0 Å². The van der Waals surface area contributed by atoms with Crippen LogP contribution in [0.5, 0.6) is 0 Å². The van der Waals surface area contributed by atoms with Crippen molar-refractivity contribution in [3.8, 4) is 0 Å². The Morgan fingerprint density at radius 2 is 1.88 bits per heavy atom. The van der Waals surface area contributed by atoms with Crippen LogP contribution >= 0.6 is 0 Å². The van der Waals surface area contributed by atoms with Gasteiger partial charge in [-0.3, -0.25) is 9.59 Å².